The number of amides is 1. The molecule has 0 spiro atoms. The summed E-state index contributed by atoms with van der Waals surface area (Å²) < 4.78 is 10.6. The Balaban J connectivity index is 0.00000196. The second kappa shape index (κ2) is 6.85. The number of fused-ring (bicyclic) bond motifs is 1. The molecule has 0 atom stereocenters. The minimum absolute atomic E-state index is 0. The molecule has 0 unspecified atom stereocenters. The van der Waals surface area contributed by atoms with Crippen LogP contribution in [0.1, 0.15) is 16.1 Å². The third-order valence-corrected chi connectivity index (χ3v) is 3.68. The van der Waals surface area contributed by atoms with Gasteiger partial charge in [-0.05, 0) is 37.3 Å². The van der Waals surface area contributed by atoms with Crippen molar-refractivity contribution in [2.75, 3.05) is 11.1 Å². The van der Waals surface area contributed by atoms with Gasteiger partial charge in [-0.25, -0.2) is 9.97 Å². The zero-order valence-corrected chi connectivity index (χ0v) is 14.4. The molecule has 4 rings (SSSR count). The number of carbonyl (C=O) groups is 1. The lowest BCUT2D eigenvalue weighted by Gasteiger charge is -2.07. The van der Waals surface area contributed by atoms with Crippen molar-refractivity contribution in [2.45, 2.75) is 6.92 Å². The first-order valence-corrected chi connectivity index (χ1v) is 7.45. The number of aryl methyl sites for hydroxylation is 1. The average molecular weight is 372 g/mol. The molecule has 4 heterocycles. The fourth-order valence-electron chi connectivity index (χ4n) is 2.50. The highest BCUT2D eigenvalue weighted by molar-refractivity contribution is 6.12. The van der Waals surface area contributed by atoms with Crippen LogP contribution in [0.5, 0.6) is 0 Å². The number of hydrogen-bond donors (Lipinski definition) is 2. The van der Waals surface area contributed by atoms with Crippen molar-refractivity contribution in [3.8, 4) is 11.5 Å². The maximum absolute atomic E-state index is 12.8. The number of furan rings is 1. The third-order valence-electron chi connectivity index (χ3n) is 3.68. The molecule has 3 N–H and O–H groups in total. The lowest BCUT2D eigenvalue weighted by molar-refractivity contribution is 0.102. The largest absolute Gasteiger partial charge is 0.463 e. The lowest BCUT2D eigenvalue weighted by Crippen LogP contribution is -2.13. The van der Waals surface area contributed by atoms with Crippen molar-refractivity contribution in [3.63, 3.8) is 0 Å². The van der Waals surface area contributed by atoms with Crippen LogP contribution in [0.4, 0.5) is 11.5 Å². The highest BCUT2D eigenvalue weighted by Crippen LogP contribution is 2.27. The van der Waals surface area contributed by atoms with E-state index in [0.717, 1.165) is 0 Å². The van der Waals surface area contributed by atoms with Gasteiger partial charge in [0.2, 0.25) is 0 Å². The van der Waals surface area contributed by atoms with Crippen molar-refractivity contribution in [3.05, 3.63) is 54.0 Å². The van der Waals surface area contributed by atoms with Crippen LogP contribution in [0.25, 0.3) is 22.6 Å². The Morgan fingerprint density at radius 3 is 2.81 bits per heavy atom. The van der Waals surface area contributed by atoms with Gasteiger partial charge in [-0.3, -0.25) is 4.79 Å². The average Bonchev–Trinajstić information content (AvgIpc) is 3.26. The molecule has 0 aliphatic heterocycles. The molecule has 8 nitrogen and oxygen atoms in total. The molecule has 0 saturated heterocycles. The molecule has 1 amide bonds. The summed E-state index contributed by atoms with van der Waals surface area (Å²) >= 11 is 0. The number of nitrogen functional groups attached to an aromatic ring is 1. The van der Waals surface area contributed by atoms with E-state index in [2.05, 4.69) is 20.4 Å². The first kappa shape index (κ1) is 17.4. The van der Waals surface area contributed by atoms with Gasteiger partial charge in [0.25, 0.3) is 11.6 Å². The van der Waals surface area contributed by atoms with Crippen molar-refractivity contribution in [1.82, 2.24) is 15.1 Å². The highest BCUT2D eigenvalue weighted by Gasteiger charge is 2.20. The SMILES string of the molecule is Cc1noc2nc(-c3ccco3)cc(C(=O)Nc3ccc(N)nc3)c12.Cl. The van der Waals surface area contributed by atoms with Gasteiger partial charge in [0.1, 0.15) is 11.5 Å². The molecule has 4 aromatic rings. The third kappa shape index (κ3) is 3.09. The second-order valence-corrected chi connectivity index (χ2v) is 5.41. The summed E-state index contributed by atoms with van der Waals surface area (Å²) in [4.78, 5) is 21.1. The number of carbonyl (C=O) groups excluding carboxylic acids is 1. The monoisotopic (exact) mass is 371 g/mol. The van der Waals surface area contributed by atoms with Crippen molar-refractivity contribution in [1.29, 1.82) is 0 Å². The molecular formula is C17H14ClN5O3. The predicted molar refractivity (Wildman–Crippen MR) is 98.1 cm³/mol. The van der Waals surface area contributed by atoms with E-state index in [1.807, 2.05) is 0 Å². The summed E-state index contributed by atoms with van der Waals surface area (Å²) in [6.07, 6.45) is 3.02. The number of rotatable bonds is 3. The molecule has 0 fully saturated rings. The molecule has 132 valence electrons. The molecule has 0 saturated carbocycles. The number of aromatic nitrogens is 3. The molecule has 0 radical (unpaired) electrons. The Labute approximate surface area is 153 Å². The van der Waals surface area contributed by atoms with E-state index in [9.17, 15) is 4.79 Å². The topological polar surface area (TPSA) is 120 Å². The summed E-state index contributed by atoms with van der Waals surface area (Å²) in [7, 11) is 0. The zero-order chi connectivity index (χ0) is 17.4. The van der Waals surface area contributed by atoms with Gasteiger partial charge in [-0.15, -0.1) is 12.4 Å². The van der Waals surface area contributed by atoms with E-state index in [-0.39, 0.29) is 24.0 Å². The van der Waals surface area contributed by atoms with Gasteiger partial charge in [-0.1, -0.05) is 5.16 Å². The Hall–Kier alpha value is -3.39. The van der Waals surface area contributed by atoms with E-state index >= 15 is 0 Å². The molecule has 26 heavy (non-hydrogen) atoms. The first-order valence-electron chi connectivity index (χ1n) is 7.45. The number of nitrogens with one attached hydrogen (secondary N) is 1. The van der Waals surface area contributed by atoms with Crippen LogP contribution in [0.15, 0.2) is 51.7 Å². The Morgan fingerprint density at radius 2 is 2.12 bits per heavy atom. The molecule has 0 aliphatic rings. The van der Waals surface area contributed by atoms with Gasteiger partial charge in [0.15, 0.2) is 5.76 Å². The number of nitrogens with zero attached hydrogens (tertiary/aromatic N) is 3. The number of pyridine rings is 2. The van der Waals surface area contributed by atoms with E-state index in [4.69, 9.17) is 14.7 Å². The summed E-state index contributed by atoms with van der Waals surface area (Å²) in [5.41, 5.74) is 7.80. The highest BCUT2D eigenvalue weighted by atomic mass is 35.5. The predicted octanol–water partition coefficient (Wildman–Crippen LogP) is 3.44. The number of anilines is 2. The quantitative estimate of drug-likeness (QED) is 0.565. The number of hydrogen-bond acceptors (Lipinski definition) is 7. The zero-order valence-electron chi connectivity index (χ0n) is 13.6. The Bertz CT molecular complexity index is 1060. The van der Waals surface area contributed by atoms with Gasteiger partial charge < -0.3 is 20.0 Å². The fourth-order valence-corrected chi connectivity index (χ4v) is 2.50. The molecule has 9 heteroatoms. The van der Waals surface area contributed by atoms with E-state index in [0.29, 0.717) is 39.6 Å². The molecule has 4 aromatic heterocycles. The minimum atomic E-state index is -0.335. The maximum Gasteiger partial charge on any atom is 0.259 e. The van der Waals surface area contributed by atoms with Crippen LogP contribution in [0, 0.1) is 6.92 Å². The van der Waals surface area contributed by atoms with Crippen LogP contribution in [-0.4, -0.2) is 21.0 Å². The molecule has 0 aromatic carbocycles. The van der Waals surface area contributed by atoms with Gasteiger partial charge in [-0.2, -0.15) is 0 Å². The molecule has 0 aliphatic carbocycles. The van der Waals surface area contributed by atoms with Crippen molar-refractivity contribution in [2.24, 2.45) is 0 Å². The second-order valence-electron chi connectivity index (χ2n) is 5.41. The van der Waals surface area contributed by atoms with Crippen LogP contribution < -0.4 is 11.1 Å². The van der Waals surface area contributed by atoms with Gasteiger partial charge in [0.05, 0.1) is 34.8 Å². The van der Waals surface area contributed by atoms with Crippen molar-refractivity contribution >= 4 is 40.9 Å². The summed E-state index contributed by atoms with van der Waals surface area (Å²) in [6.45, 7) is 1.75. The Morgan fingerprint density at radius 1 is 1.27 bits per heavy atom. The first-order chi connectivity index (χ1) is 12.1. The lowest BCUT2D eigenvalue weighted by atomic mass is 10.1. The number of halogens is 1. The molecular weight excluding hydrogens is 358 g/mol. The smallest absolute Gasteiger partial charge is 0.259 e. The van der Waals surface area contributed by atoms with E-state index in [1.54, 1.807) is 37.3 Å². The normalized spacial score (nSPS) is 10.5. The summed E-state index contributed by atoms with van der Waals surface area (Å²) in [6, 6.07) is 8.42. The van der Waals surface area contributed by atoms with Crippen LogP contribution in [0.2, 0.25) is 0 Å². The van der Waals surface area contributed by atoms with Gasteiger partial charge in [0, 0.05) is 0 Å². The summed E-state index contributed by atoms with van der Waals surface area (Å²) in [5, 5.41) is 7.24. The van der Waals surface area contributed by atoms with E-state index < -0.39 is 0 Å². The maximum atomic E-state index is 12.8. The minimum Gasteiger partial charge on any atom is -0.463 e. The van der Waals surface area contributed by atoms with Crippen LogP contribution in [-0.2, 0) is 0 Å². The summed E-state index contributed by atoms with van der Waals surface area (Å²) in [5.74, 6) is 0.566. The van der Waals surface area contributed by atoms with Crippen molar-refractivity contribution < 1.29 is 13.7 Å². The van der Waals surface area contributed by atoms with Crippen LogP contribution in [0.3, 0.4) is 0 Å². The van der Waals surface area contributed by atoms with Crippen LogP contribution >= 0.6 is 12.4 Å². The fraction of sp³-hybridized carbons (Fsp3) is 0.0588. The molecule has 0 bridgehead atoms. The van der Waals surface area contributed by atoms with E-state index in [1.165, 1.54) is 12.5 Å². The Kier molecular flexibility index (Phi) is 4.59. The number of nitrogens with two attached hydrogens (primary N) is 1. The van der Waals surface area contributed by atoms with Gasteiger partial charge >= 0.3 is 0 Å². The standard InChI is InChI=1S/C17H13N5O3.ClH/c1-9-15-11(16(23)20-10-4-5-14(18)19-8-10)7-12(13-3-2-6-24-13)21-17(15)25-22-9;/h2-8H,1H3,(H2,18,19)(H,20,23);1H.